The summed E-state index contributed by atoms with van der Waals surface area (Å²) in [4.78, 5) is 11.3. The fourth-order valence-corrected chi connectivity index (χ4v) is 3.22. The number of rotatable bonds is 7. The summed E-state index contributed by atoms with van der Waals surface area (Å²) < 4.78 is 44.0. The van der Waals surface area contributed by atoms with Crippen LogP contribution < -0.4 is 15.2 Å². The highest BCUT2D eigenvalue weighted by molar-refractivity contribution is 7.88. The van der Waals surface area contributed by atoms with Crippen LogP contribution in [-0.2, 0) is 21.2 Å². The van der Waals surface area contributed by atoms with Gasteiger partial charge in [-0.2, -0.15) is 0 Å². The predicted octanol–water partition coefficient (Wildman–Crippen LogP) is 0.950. The molecule has 1 aromatic rings. The van der Waals surface area contributed by atoms with E-state index in [0.717, 1.165) is 19.1 Å². The van der Waals surface area contributed by atoms with E-state index >= 15 is 0 Å². The second-order valence-electron chi connectivity index (χ2n) is 5.77. The fraction of sp³-hybridized carbons (Fsp3) is 0.533. The zero-order valence-electron chi connectivity index (χ0n) is 12.9. The van der Waals surface area contributed by atoms with Gasteiger partial charge in [0.05, 0.1) is 12.2 Å². The summed E-state index contributed by atoms with van der Waals surface area (Å²) in [6, 6.07) is 4.43. The third-order valence-electron chi connectivity index (χ3n) is 3.89. The lowest BCUT2D eigenvalue weighted by Crippen LogP contribution is -2.33. The molecule has 23 heavy (non-hydrogen) atoms. The molecule has 0 radical (unpaired) electrons. The van der Waals surface area contributed by atoms with Gasteiger partial charge in [-0.25, -0.2) is 17.5 Å². The third kappa shape index (κ3) is 5.18. The molecule has 0 saturated heterocycles. The maximum absolute atomic E-state index is 14.1. The third-order valence-corrected chi connectivity index (χ3v) is 4.62. The van der Waals surface area contributed by atoms with Crippen molar-refractivity contribution in [2.45, 2.75) is 31.8 Å². The number of carbonyl (C=O) groups is 1. The Morgan fingerprint density at radius 2 is 2.17 bits per heavy atom. The molecule has 0 heterocycles. The molecule has 6 nitrogen and oxygen atoms in total. The zero-order chi connectivity index (χ0) is 17.0. The molecule has 1 aliphatic rings. The van der Waals surface area contributed by atoms with Crippen molar-refractivity contribution in [3.8, 4) is 5.75 Å². The van der Waals surface area contributed by atoms with Crippen LogP contribution in [0.4, 0.5) is 4.39 Å². The Labute approximate surface area is 135 Å². The average Bonchev–Trinajstić information content (AvgIpc) is 2.88. The minimum Gasteiger partial charge on any atom is -0.489 e. The van der Waals surface area contributed by atoms with Crippen LogP contribution in [0.5, 0.6) is 5.75 Å². The summed E-state index contributed by atoms with van der Waals surface area (Å²) in [7, 11) is -3.29. The number of primary amides is 1. The van der Waals surface area contributed by atoms with Crippen molar-refractivity contribution in [2.24, 2.45) is 11.7 Å². The van der Waals surface area contributed by atoms with Gasteiger partial charge in [-0.3, -0.25) is 4.79 Å². The highest BCUT2D eigenvalue weighted by Crippen LogP contribution is 2.30. The van der Waals surface area contributed by atoms with Crippen LogP contribution in [0.2, 0.25) is 0 Å². The second kappa shape index (κ2) is 7.27. The van der Waals surface area contributed by atoms with Gasteiger partial charge < -0.3 is 10.5 Å². The summed E-state index contributed by atoms with van der Waals surface area (Å²) in [5.41, 5.74) is 5.73. The van der Waals surface area contributed by atoms with E-state index in [9.17, 15) is 17.6 Å². The molecule has 2 atom stereocenters. The van der Waals surface area contributed by atoms with Crippen LogP contribution in [-0.4, -0.2) is 33.2 Å². The molecule has 0 aromatic heterocycles. The van der Waals surface area contributed by atoms with Crippen molar-refractivity contribution in [3.63, 3.8) is 0 Å². The quantitative estimate of drug-likeness (QED) is 0.769. The van der Waals surface area contributed by atoms with Gasteiger partial charge in [-0.05, 0) is 37.3 Å². The number of ether oxygens (including phenoxy) is 1. The van der Waals surface area contributed by atoms with Crippen molar-refractivity contribution < 1.29 is 22.3 Å². The Balaban J connectivity index is 1.97. The monoisotopic (exact) mass is 344 g/mol. The Bertz CT molecular complexity index is 678. The predicted molar refractivity (Wildman–Crippen MR) is 83.9 cm³/mol. The molecule has 1 aromatic carbocycles. The largest absolute Gasteiger partial charge is 0.489 e. The molecule has 1 aliphatic carbocycles. The first-order valence-corrected chi connectivity index (χ1v) is 9.34. The molecule has 8 heteroatoms. The summed E-state index contributed by atoms with van der Waals surface area (Å²) in [5.74, 6) is -0.847. The van der Waals surface area contributed by atoms with Gasteiger partial charge in [0, 0.05) is 12.6 Å². The lowest BCUT2D eigenvalue weighted by molar-refractivity contribution is -0.123. The van der Waals surface area contributed by atoms with Gasteiger partial charge in [-0.1, -0.05) is 6.07 Å². The number of amides is 1. The van der Waals surface area contributed by atoms with E-state index in [1.165, 1.54) is 6.07 Å². The summed E-state index contributed by atoms with van der Waals surface area (Å²) >= 11 is 0. The summed E-state index contributed by atoms with van der Waals surface area (Å²) in [5, 5.41) is 0. The minimum absolute atomic E-state index is 0.127. The molecule has 1 saturated carbocycles. The molecule has 0 unspecified atom stereocenters. The molecule has 3 N–H and O–H groups in total. The van der Waals surface area contributed by atoms with Gasteiger partial charge >= 0.3 is 0 Å². The lowest BCUT2D eigenvalue weighted by Gasteiger charge is -2.19. The van der Waals surface area contributed by atoms with Crippen molar-refractivity contribution in [3.05, 3.63) is 29.6 Å². The molecule has 0 aliphatic heterocycles. The molecular formula is C15H21FN2O4S. The van der Waals surface area contributed by atoms with Gasteiger partial charge in [0.25, 0.3) is 0 Å². The fourth-order valence-electron chi connectivity index (χ4n) is 2.74. The van der Waals surface area contributed by atoms with Crippen LogP contribution >= 0.6 is 0 Å². The number of hydrogen-bond acceptors (Lipinski definition) is 4. The van der Waals surface area contributed by atoms with Crippen LogP contribution in [0.3, 0.4) is 0 Å². The number of benzene rings is 1. The van der Waals surface area contributed by atoms with Gasteiger partial charge in [0.1, 0.15) is 17.7 Å². The summed E-state index contributed by atoms with van der Waals surface area (Å²) in [6.07, 6.45) is 3.25. The van der Waals surface area contributed by atoms with Crippen LogP contribution in [0.15, 0.2) is 18.2 Å². The van der Waals surface area contributed by atoms with Crippen LogP contribution in [0.1, 0.15) is 24.8 Å². The molecule has 2 rings (SSSR count). The lowest BCUT2D eigenvalue weighted by atomic mass is 10.1. The molecule has 1 fully saturated rings. The van der Waals surface area contributed by atoms with Gasteiger partial charge in [-0.15, -0.1) is 0 Å². The second-order valence-corrected chi connectivity index (χ2v) is 7.60. The van der Waals surface area contributed by atoms with Gasteiger partial charge in [0.2, 0.25) is 15.9 Å². The Morgan fingerprint density at radius 1 is 1.43 bits per heavy atom. The maximum atomic E-state index is 14.1. The highest BCUT2D eigenvalue weighted by Gasteiger charge is 2.33. The minimum atomic E-state index is -3.29. The molecule has 1 amide bonds. The van der Waals surface area contributed by atoms with Crippen LogP contribution in [0.25, 0.3) is 0 Å². The number of sulfonamides is 1. The highest BCUT2D eigenvalue weighted by atomic mass is 32.2. The van der Waals surface area contributed by atoms with E-state index in [1.54, 1.807) is 12.1 Å². The van der Waals surface area contributed by atoms with E-state index < -0.39 is 21.7 Å². The smallest absolute Gasteiger partial charge is 0.224 e. The first-order valence-electron chi connectivity index (χ1n) is 7.45. The normalized spacial score (nSPS) is 21.3. The first-order chi connectivity index (χ1) is 10.8. The van der Waals surface area contributed by atoms with Crippen molar-refractivity contribution in [1.29, 1.82) is 0 Å². The maximum Gasteiger partial charge on any atom is 0.224 e. The van der Waals surface area contributed by atoms with Crippen molar-refractivity contribution >= 4 is 15.9 Å². The molecule has 0 bridgehead atoms. The molecule has 128 valence electrons. The number of halogens is 1. The van der Waals surface area contributed by atoms with Gasteiger partial charge in [0.15, 0.2) is 0 Å². The van der Waals surface area contributed by atoms with Crippen molar-refractivity contribution in [1.82, 2.24) is 4.72 Å². The first kappa shape index (κ1) is 17.7. The Hall–Kier alpha value is -1.67. The zero-order valence-corrected chi connectivity index (χ0v) is 13.7. The standard InChI is InChI=1S/C15H21FN2O4S/c1-23(20,21)18-8-7-10-5-6-11(9-13(10)16)22-14-4-2-3-12(14)15(17)19/h5-6,9,12,14,18H,2-4,7-8H2,1H3,(H2,17,19)/t12-,14+/m0/s1. The molecule has 0 spiro atoms. The number of nitrogens with one attached hydrogen (secondary N) is 1. The van der Waals surface area contributed by atoms with E-state index in [-0.39, 0.29) is 25.0 Å². The van der Waals surface area contributed by atoms with E-state index in [2.05, 4.69) is 4.72 Å². The van der Waals surface area contributed by atoms with E-state index in [0.29, 0.717) is 17.7 Å². The number of carbonyl (C=O) groups excluding carboxylic acids is 1. The summed E-state index contributed by atoms with van der Waals surface area (Å²) in [6.45, 7) is 0.127. The van der Waals surface area contributed by atoms with Crippen molar-refractivity contribution in [2.75, 3.05) is 12.8 Å². The Morgan fingerprint density at radius 3 is 2.78 bits per heavy atom. The Kier molecular flexibility index (Phi) is 5.59. The topological polar surface area (TPSA) is 98.5 Å². The van der Waals surface area contributed by atoms with E-state index in [4.69, 9.17) is 10.5 Å². The van der Waals surface area contributed by atoms with E-state index in [1.807, 2.05) is 0 Å². The number of hydrogen-bond donors (Lipinski definition) is 2. The SMILES string of the molecule is CS(=O)(=O)NCCc1ccc(O[C@@H]2CCC[C@@H]2C(N)=O)cc1F. The average molecular weight is 344 g/mol. The number of nitrogens with two attached hydrogens (primary N) is 1. The van der Waals surface area contributed by atoms with Crippen LogP contribution in [0, 0.1) is 11.7 Å². The molecular weight excluding hydrogens is 323 g/mol.